The zero-order valence-electron chi connectivity index (χ0n) is 72.0. The number of benzene rings is 2. The number of aryl methyl sites for hydroxylation is 2. The maximum atomic E-state index is 11.0. The Morgan fingerprint density at radius 3 is 0.355 bits per heavy atom. The smallest absolute Gasteiger partial charge is 0.744 e. The van der Waals surface area contributed by atoms with Crippen LogP contribution in [0.15, 0.2) is 58.3 Å². The van der Waals surface area contributed by atoms with E-state index in [0.717, 1.165) is 36.8 Å². The van der Waals surface area contributed by atoms with Crippen molar-refractivity contribution < 1.29 is 25.9 Å². The quantitative estimate of drug-likeness (QED) is 0.0370. The van der Waals surface area contributed by atoms with E-state index in [4.69, 9.17) is 0 Å². The Morgan fingerprint density at radius 1 is 0.168 bits per heavy atom. The van der Waals surface area contributed by atoms with Crippen LogP contribution in [-0.4, -0.2) is 49.0 Å². The summed E-state index contributed by atoms with van der Waals surface area (Å²) >= 11 is 0. The molecule has 0 heterocycles. The Bertz CT molecular complexity index is 2080. The summed E-state index contributed by atoms with van der Waals surface area (Å²) in [7, 11) is -8.67. The fourth-order valence-electron chi connectivity index (χ4n) is 16.2. The molecule has 624 valence electrons. The normalized spacial score (nSPS) is 11.8. The van der Waals surface area contributed by atoms with Crippen LogP contribution in [0.5, 0.6) is 0 Å². The van der Waals surface area contributed by atoms with Gasteiger partial charge in [0.2, 0.25) is 0 Å². The number of rotatable bonds is 86. The third kappa shape index (κ3) is 81.4. The van der Waals surface area contributed by atoms with E-state index in [2.05, 4.69) is 13.8 Å². The van der Waals surface area contributed by atoms with Gasteiger partial charge in [0.1, 0.15) is 20.2 Å². The van der Waals surface area contributed by atoms with E-state index in [9.17, 15) is 25.9 Å². The van der Waals surface area contributed by atoms with Crippen molar-refractivity contribution in [1.82, 2.24) is 0 Å². The zero-order chi connectivity index (χ0) is 76.4. The maximum Gasteiger partial charge on any atom is 2.00 e. The van der Waals surface area contributed by atoms with Crippen molar-refractivity contribution in [3.05, 3.63) is 59.7 Å². The molecule has 0 saturated carbocycles. The van der Waals surface area contributed by atoms with Crippen molar-refractivity contribution in [2.75, 3.05) is 0 Å². The molecule has 0 unspecified atom stereocenters. The first-order chi connectivity index (χ1) is 52.1. The number of hydrogen-bond donors (Lipinski definition) is 0. The van der Waals surface area contributed by atoms with Crippen LogP contribution in [0.2, 0.25) is 0 Å². The summed E-state index contributed by atoms with van der Waals surface area (Å²) in [5.41, 5.74) is 2.23. The molecule has 0 N–H and O–H groups in total. The van der Waals surface area contributed by atoms with Gasteiger partial charge in [-0.1, -0.05) is 552 Å². The van der Waals surface area contributed by atoms with Crippen LogP contribution in [0.3, 0.4) is 0 Å². The van der Waals surface area contributed by atoms with Gasteiger partial charge in [-0.05, 0) is 61.1 Å². The molecule has 9 heteroatoms. The van der Waals surface area contributed by atoms with Gasteiger partial charge in [0, 0.05) is 0 Å². The summed E-state index contributed by atoms with van der Waals surface area (Å²) in [4.78, 5) is -0.262. The average molecular weight is 1540 g/mol. The van der Waals surface area contributed by atoms with Crippen molar-refractivity contribution in [2.45, 2.75) is 563 Å². The molecule has 0 amide bonds. The molecule has 0 spiro atoms. The van der Waals surface area contributed by atoms with Gasteiger partial charge in [0.15, 0.2) is 0 Å². The molecule has 0 atom stereocenters. The van der Waals surface area contributed by atoms with Crippen LogP contribution in [0.25, 0.3) is 0 Å². The molecule has 0 aliphatic rings. The van der Waals surface area contributed by atoms with Crippen LogP contribution in [0, 0.1) is 0 Å². The van der Waals surface area contributed by atoms with Crippen molar-refractivity contribution in [2.24, 2.45) is 0 Å². The Labute approximate surface area is 686 Å². The summed E-state index contributed by atoms with van der Waals surface area (Å²) < 4.78 is 66.1. The minimum Gasteiger partial charge on any atom is -0.744 e. The molecular weight excluding hydrogens is 1360 g/mol. The molecule has 0 saturated heterocycles. The minimum atomic E-state index is -4.33. The molecule has 2 rings (SSSR count). The molecular formula is C98H182MgO6S2. The summed E-state index contributed by atoms with van der Waals surface area (Å²) in [5.74, 6) is 0. The van der Waals surface area contributed by atoms with Crippen molar-refractivity contribution >= 4 is 43.3 Å². The predicted molar refractivity (Wildman–Crippen MR) is 472 cm³/mol. The molecule has 0 aliphatic carbocycles. The van der Waals surface area contributed by atoms with Crippen LogP contribution in [0.4, 0.5) is 0 Å². The Balaban J connectivity index is 0.00000208. The van der Waals surface area contributed by atoms with Crippen LogP contribution < -0.4 is 0 Å². The summed E-state index contributed by atoms with van der Waals surface area (Å²) in [6.45, 7) is 4.61. The van der Waals surface area contributed by atoms with Crippen molar-refractivity contribution in [3.8, 4) is 0 Å². The molecule has 107 heavy (non-hydrogen) atoms. The molecule has 0 aliphatic heterocycles. The van der Waals surface area contributed by atoms with Gasteiger partial charge in [-0.25, -0.2) is 16.8 Å². The van der Waals surface area contributed by atoms with Crippen LogP contribution in [-0.2, 0) is 33.1 Å². The summed E-state index contributed by atoms with van der Waals surface area (Å²) in [6, 6.07) is 12.8. The number of unbranched alkanes of at least 4 members (excludes halogenated alkanes) is 80. The van der Waals surface area contributed by atoms with Crippen molar-refractivity contribution in [3.63, 3.8) is 0 Å². The van der Waals surface area contributed by atoms with Crippen LogP contribution in [0.1, 0.15) is 551 Å². The SMILES string of the molecule is CCCCCCCCCCCCCCCCCCCCCCCCCCCCCCCCCCCCCCCCCCCc1ccc(S(=O)(=O)[O-])cc1.CCCCCCCCCCCCCCCCCCCCCCCCCCCCCCCCCCCCCCCCCCCc1ccc(S(=O)(=O)[O-])cc1.[Mg+2]. The Morgan fingerprint density at radius 2 is 0.262 bits per heavy atom. The van der Waals surface area contributed by atoms with Gasteiger partial charge in [0.05, 0.1) is 9.79 Å². The molecule has 6 nitrogen and oxygen atoms in total. The fraction of sp³-hybridized carbons (Fsp3) is 0.878. The van der Waals surface area contributed by atoms with E-state index < -0.39 is 20.2 Å². The second kappa shape index (κ2) is 85.9. The van der Waals surface area contributed by atoms with E-state index in [1.807, 2.05) is 0 Å². The Hall–Kier alpha value is -0.974. The largest absolute Gasteiger partial charge is 2.00 e. The van der Waals surface area contributed by atoms with E-state index in [1.165, 1.54) is 538 Å². The van der Waals surface area contributed by atoms with Gasteiger partial charge in [-0.3, -0.25) is 0 Å². The van der Waals surface area contributed by atoms with Gasteiger partial charge < -0.3 is 9.11 Å². The van der Waals surface area contributed by atoms with E-state index in [1.54, 1.807) is 24.3 Å². The molecule has 0 fully saturated rings. The monoisotopic (exact) mass is 1540 g/mol. The molecule has 0 bridgehead atoms. The first-order valence-corrected chi connectivity index (χ1v) is 51.0. The molecule has 2 aromatic carbocycles. The van der Waals surface area contributed by atoms with Crippen molar-refractivity contribution in [1.29, 1.82) is 0 Å². The topological polar surface area (TPSA) is 114 Å². The van der Waals surface area contributed by atoms with Gasteiger partial charge in [0.25, 0.3) is 0 Å². The average Bonchev–Trinajstić information content (AvgIpc) is 0.871. The second-order valence-electron chi connectivity index (χ2n) is 34.0. The maximum absolute atomic E-state index is 11.0. The Kier molecular flexibility index (Phi) is 85.1. The third-order valence-electron chi connectivity index (χ3n) is 23.6. The molecule has 0 radical (unpaired) electrons. The van der Waals surface area contributed by atoms with Gasteiger partial charge in [-0.2, -0.15) is 0 Å². The second-order valence-corrected chi connectivity index (χ2v) is 36.7. The minimum absolute atomic E-state index is 0. The fourth-order valence-corrected chi connectivity index (χ4v) is 17.2. The van der Waals surface area contributed by atoms with Crippen LogP contribution >= 0.6 is 0 Å². The van der Waals surface area contributed by atoms with Gasteiger partial charge >= 0.3 is 23.1 Å². The van der Waals surface area contributed by atoms with E-state index in [-0.39, 0.29) is 32.8 Å². The summed E-state index contributed by atoms with van der Waals surface area (Å²) in [5, 5.41) is 0. The zero-order valence-corrected chi connectivity index (χ0v) is 75.0. The standard InChI is InChI=1S/2C49H92O3S.Mg/c2*1-2-3-4-5-6-7-8-9-10-11-12-13-14-15-16-17-18-19-20-21-22-23-24-25-26-27-28-29-30-31-32-33-34-35-36-37-38-39-40-41-42-43-48-44-46-49(47-45-48)53(50,51)52;/h2*44-47H,2-43H2,1H3,(H,50,51,52);/q;;+2/p-2. The van der Waals surface area contributed by atoms with E-state index >= 15 is 0 Å². The first-order valence-electron chi connectivity index (χ1n) is 48.2. The first kappa shape index (κ1) is 106. The number of hydrogen-bond acceptors (Lipinski definition) is 6. The van der Waals surface area contributed by atoms with Gasteiger partial charge in [-0.15, -0.1) is 0 Å². The molecule has 2 aromatic rings. The molecule has 0 aromatic heterocycles. The third-order valence-corrected chi connectivity index (χ3v) is 25.3. The van der Waals surface area contributed by atoms with E-state index in [0.29, 0.717) is 0 Å². The predicted octanol–water partition coefficient (Wildman–Crippen LogP) is 33.9. The summed E-state index contributed by atoms with van der Waals surface area (Å²) in [6.07, 6.45) is 120.